The molecule has 21 heavy (non-hydrogen) atoms. The lowest BCUT2D eigenvalue weighted by molar-refractivity contribution is 0.413. The lowest BCUT2D eigenvalue weighted by atomic mass is 10.3. The highest BCUT2D eigenvalue weighted by atomic mass is 32.1. The largest absolute Gasteiger partial charge is 0.506 e. The molecule has 108 valence electrons. The molecular formula is C14H13N3O3S. The SMILES string of the molecule is C=CCn1c(O)c(C=Nc2ccccc2O)c(=O)[nH]c1=S. The number of rotatable bonds is 4. The number of nitrogens with zero attached hydrogens (tertiary/aromatic N) is 2. The maximum Gasteiger partial charge on any atom is 0.264 e. The topological polar surface area (TPSA) is 90.6 Å². The van der Waals surface area contributed by atoms with Gasteiger partial charge in [0.25, 0.3) is 5.56 Å². The summed E-state index contributed by atoms with van der Waals surface area (Å²) in [4.78, 5) is 18.3. The molecule has 3 N–H and O–H groups in total. The number of benzene rings is 1. The molecule has 0 atom stereocenters. The molecule has 6 nitrogen and oxygen atoms in total. The summed E-state index contributed by atoms with van der Waals surface area (Å²) < 4.78 is 1.41. The first-order chi connectivity index (χ1) is 10.0. The third-order valence-corrected chi connectivity index (χ3v) is 3.06. The third-order valence-electron chi connectivity index (χ3n) is 2.73. The van der Waals surface area contributed by atoms with Crippen LogP contribution in [-0.2, 0) is 6.54 Å². The Hall–Kier alpha value is -2.67. The van der Waals surface area contributed by atoms with Gasteiger partial charge in [0.15, 0.2) is 4.77 Å². The highest BCUT2D eigenvalue weighted by Crippen LogP contribution is 2.25. The predicted octanol–water partition coefficient (Wildman–Crippen LogP) is 2.25. The van der Waals surface area contributed by atoms with E-state index in [0.717, 1.165) is 0 Å². The standard InChI is InChI=1S/C14H13N3O3S/c1-2-7-17-13(20)9(12(19)16-14(17)21)8-15-10-5-3-4-6-11(10)18/h2-6,8,18,20H,1,7H2,(H,16,19,21). The number of nitrogens with one attached hydrogen (secondary N) is 1. The number of aliphatic imine (C=N–C) groups is 1. The van der Waals surface area contributed by atoms with Gasteiger partial charge in [-0.05, 0) is 24.4 Å². The van der Waals surface area contributed by atoms with Gasteiger partial charge in [-0.15, -0.1) is 6.58 Å². The van der Waals surface area contributed by atoms with Crippen molar-refractivity contribution < 1.29 is 10.2 Å². The fourth-order valence-corrected chi connectivity index (χ4v) is 1.95. The van der Waals surface area contributed by atoms with Gasteiger partial charge in [0, 0.05) is 12.8 Å². The van der Waals surface area contributed by atoms with Crippen molar-refractivity contribution in [2.45, 2.75) is 6.54 Å². The number of hydrogen-bond acceptors (Lipinski definition) is 5. The summed E-state index contributed by atoms with van der Waals surface area (Å²) >= 11 is 4.97. The second-order valence-electron chi connectivity index (χ2n) is 4.14. The first-order valence-electron chi connectivity index (χ1n) is 6.03. The fourth-order valence-electron chi connectivity index (χ4n) is 1.70. The summed E-state index contributed by atoms with van der Waals surface area (Å²) in [6, 6.07) is 6.40. The van der Waals surface area contributed by atoms with E-state index >= 15 is 0 Å². The van der Waals surface area contributed by atoms with E-state index in [0.29, 0.717) is 0 Å². The second kappa shape index (κ2) is 6.19. The van der Waals surface area contributed by atoms with E-state index in [4.69, 9.17) is 12.2 Å². The van der Waals surface area contributed by atoms with Crippen molar-refractivity contribution in [2.24, 2.45) is 4.99 Å². The molecule has 0 amide bonds. The van der Waals surface area contributed by atoms with E-state index in [1.807, 2.05) is 0 Å². The molecule has 0 aliphatic carbocycles. The summed E-state index contributed by atoms with van der Waals surface area (Å²) in [5.41, 5.74) is -0.320. The maximum absolute atomic E-state index is 11.8. The van der Waals surface area contributed by atoms with Gasteiger partial charge < -0.3 is 10.2 Å². The zero-order valence-corrected chi connectivity index (χ0v) is 11.8. The minimum atomic E-state index is -0.558. The number of aromatic nitrogens is 2. The number of allylic oxidation sites excluding steroid dienone is 1. The molecule has 2 aromatic rings. The zero-order valence-electron chi connectivity index (χ0n) is 11.0. The van der Waals surface area contributed by atoms with Crippen LogP contribution in [0.3, 0.4) is 0 Å². The van der Waals surface area contributed by atoms with E-state index in [2.05, 4.69) is 16.6 Å². The number of phenolic OH excluding ortho intramolecular Hbond substituents is 1. The van der Waals surface area contributed by atoms with Crippen LogP contribution in [0.25, 0.3) is 0 Å². The molecule has 0 spiro atoms. The lowest BCUT2D eigenvalue weighted by Crippen LogP contribution is -2.18. The van der Waals surface area contributed by atoms with Crippen LogP contribution in [0.4, 0.5) is 5.69 Å². The van der Waals surface area contributed by atoms with E-state index < -0.39 is 5.56 Å². The van der Waals surface area contributed by atoms with E-state index in [1.165, 1.54) is 22.9 Å². The smallest absolute Gasteiger partial charge is 0.264 e. The van der Waals surface area contributed by atoms with Gasteiger partial charge in [0.1, 0.15) is 17.0 Å². The third kappa shape index (κ3) is 3.09. The molecule has 0 bridgehead atoms. The summed E-state index contributed by atoms with van der Waals surface area (Å²) in [5, 5.41) is 19.7. The molecule has 7 heteroatoms. The molecule has 0 aliphatic heterocycles. The Bertz CT molecular complexity index is 821. The first-order valence-corrected chi connectivity index (χ1v) is 6.44. The molecule has 2 rings (SSSR count). The van der Waals surface area contributed by atoms with E-state index in [-0.39, 0.29) is 34.2 Å². The highest BCUT2D eigenvalue weighted by Gasteiger charge is 2.10. The summed E-state index contributed by atoms with van der Waals surface area (Å²) in [6.45, 7) is 3.81. The van der Waals surface area contributed by atoms with Crippen LogP contribution in [0.5, 0.6) is 11.6 Å². The monoisotopic (exact) mass is 303 g/mol. The Morgan fingerprint density at radius 1 is 1.38 bits per heavy atom. The molecule has 1 heterocycles. The van der Waals surface area contributed by atoms with Crippen molar-refractivity contribution in [2.75, 3.05) is 0 Å². The highest BCUT2D eigenvalue weighted by molar-refractivity contribution is 7.71. The number of aromatic amines is 1. The van der Waals surface area contributed by atoms with Crippen LogP contribution >= 0.6 is 12.2 Å². The van der Waals surface area contributed by atoms with Crippen LogP contribution in [0.1, 0.15) is 5.56 Å². The van der Waals surface area contributed by atoms with Crippen molar-refractivity contribution in [3.05, 3.63) is 57.6 Å². The van der Waals surface area contributed by atoms with Crippen LogP contribution in [-0.4, -0.2) is 26.0 Å². The van der Waals surface area contributed by atoms with Gasteiger partial charge in [-0.1, -0.05) is 18.2 Å². The quantitative estimate of drug-likeness (QED) is 0.459. The van der Waals surface area contributed by atoms with Gasteiger partial charge in [0.05, 0.1) is 0 Å². The summed E-state index contributed by atoms with van der Waals surface area (Å²) in [6.07, 6.45) is 2.72. The minimum Gasteiger partial charge on any atom is -0.506 e. The Morgan fingerprint density at radius 2 is 2.10 bits per heavy atom. The molecular weight excluding hydrogens is 290 g/mol. The summed E-state index contributed by atoms with van der Waals surface area (Å²) in [7, 11) is 0. The molecule has 1 aromatic heterocycles. The second-order valence-corrected chi connectivity index (χ2v) is 4.53. The zero-order chi connectivity index (χ0) is 15.4. The van der Waals surface area contributed by atoms with Gasteiger partial charge in [-0.25, -0.2) is 0 Å². The van der Waals surface area contributed by atoms with Crippen molar-refractivity contribution in [3.63, 3.8) is 0 Å². The normalized spacial score (nSPS) is 10.9. The van der Waals surface area contributed by atoms with Crippen LogP contribution in [0.15, 0.2) is 46.7 Å². The number of hydrogen-bond donors (Lipinski definition) is 3. The van der Waals surface area contributed by atoms with Crippen LogP contribution in [0, 0.1) is 4.77 Å². The Morgan fingerprint density at radius 3 is 2.76 bits per heavy atom. The number of phenols is 1. The minimum absolute atomic E-state index is 0.0245. The molecule has 0 unspecified atom stereocenters. The van der Waals surface area contributed by atoms with Crippen molar-refractivity contribution in [3.8, 4) is 11.6 Å². The fraction of sp³-hybridized carbons (Fsp3) is 0.0714. The molecule has 0 saturated carbocycles. The van der Waals surface area contributed by atoms with Gasteiger partial charge >= 0.3 is 0 Å². The number of aromatic hydroxyl groups is 2. The van der Waals surface area contributed by atoms with Crippen molar-refractivity contribution >= 4 is 24.1 Å². The molecule has 0 saturated heterocycles. The average molecular weight is 303 g/mol. The Kier molecular flexibility index (Phi) is 4.34. The number of para-hydroxylation sites is 2. The van der Waals surface area contributed by atoms with Crippen LogP contribution < -0.4 is 5.56 Å². The van der Waals surface area contributed by atoms with Gasteiger partial charge in [-0.3, -0.25) is 19.3 Å². The average Bonchev–Trinajstić information content (AvgIpc) is 2.45. The van der Waals surface area contributed by atoms with Crippen molar-refractivity contribution in [1.29, 1.82) is 0 Å². The maximum atomic E-state index is 11.8. The molecule has 0 fully saturated rings. The predicted molar refractivity (Wildman–Crippen MR) is 83.1 cm³/mol. The Labute approximate surface area is 125 Å². The lowest BCUT2D eigenvalue weighted by Gasteiger charge is -2.08. The summed E-state index contributed by atoms with van der Waals surface area (Å²) in [5.74, 6) is -0.327. The molecule has 0 radical (unpaired) electrons. The molecule has 0 aliphatic rings. The van der Waals surface area contributed by atoms with E-state index in [1.54, 1.807) is 18.2 Å². The van der Waals surface area contributed by atoms with Crippen LogP contribution in [0.2, 0.25) is 0 Å². The first kappa shape index (κ1) is 14.7. The van der Waals surface area contributed by atoms with Gasteiger partial charge in [-0.2, -0.15) is 0 Å². The Balaban J connectivity index is 2.52. The van der Waals surface area contributed by atoms with E-state index in [9.17, 15) is 15.0 Å². The van der Waals surface area contributed by atoms with Gasteiger partial charge in [0.2, 0.25) is 5.88 Å². The number of H-pyrrole nitrogens is 1. The van der Waals surface area contributed by atoms with Crippen molar-refractivity contribution in [1.82, 2.24) is 9.55 Å². The molecule has 1 aromatic carbocycles.